The van der Waals surface area contributed by atoms with Gasteiger partial charge in [0.2, 0.25) is 7.37 Å². The third-order valence-electron chi connectivity index (χ3n) is 1.78. The van der Waals surface area contributed by atoms with E-state index in [1.54, 1.807) is 0 Å². The van der Waals surface area contributed by atoms with Gasteiger partial charge in [0.25, 0.3) is 0 Å². The maximum absolute atomic E-state index is 11.7. The van der Waals surface area contributed by atoms with E-state index in [2.05, 4.69) is 9.05 Å². The van der Waals surface area contributed by atoms with E-state index >= 15 is 0 Å². The molecule has 0 amide bonds. The Morgan fingerprint density at radius 3 is 1.53 bits per heavy atom. The van der Waals surface area contributed by atoms with E-state index in [0.29, 0.717) is 0 Å². The summed E-state index contributed by atoms with van der Waals surface area (Å²) in [7, 11) is -8.10. The summed E-state index contributed by atoms with van der Waals surface area (Å²) in [6, 6.07) is 0. The summed E-state index contributed by atoms with van der Waals surface area (Å²) >= 11 is -3.36. The first-order valence-corrected chi connectivity index (χ1v) is 12.6. The summed E-state index contributed by atoms with van der Waals surface area (Å²) in [5, 5.41) is 8.88. The Morgan fingerprint density at radius 2 is 1.26 bits per heavy atom. The van der Waals surface area contributed by atoms with Gasteiger partial charge in [0.05, 0.1) is 0 Å². The SMILES string of the molecule is COP(C)(=O)[O][Al]([O]P(C)(=O)CO)[O]P(C)(=O)OC. The third-order valence-corrected chi connectivity index (χ3v) is 10.5. The van der Waals surface area contributed by atoms with Gasteiger partial charge in [-0.2, -0.15) is 0 Å². The van der Waals surface area contributed by atoms with Crippen LogP contribution in [0, 0.1) is 0 Å². The Bertz CT molecular complexity index is 364. The highest BCUT2D eigenvalue weighted by Crippen LogP contribution is 2.52. The molecule has 0 aliphatic carbocycles. The predicted octanol–water partition coefficient (Wildman–Crippen LogP) is 1.82. The Morgan fingerprint density at radius 1 is 0.895 bits per heavy atom. The first kappa shape index (κ1) is 20.0. The van der Waals surface area contributed by atoms with Crippen LogP contribution in [-0.2, 0) is 33.5 Å². The van der Waals surface area contributed by atoms with E-state index < -0.39 is 44.1 Å². The van der Waals surface area contributed by atoms with Crippen molar-refractivity contribution < 1.29 is 38.6 Å². The topological polar surface area (TPSA) is 118 Å². The minimum Gasteiger partial charge on any atom is -0.404 e. The van der Waals surface area contributed by atoms with Crippen molar-refractivity contribution in [2.24, 2.45) is 0 Å². The number of hydrogen-bond donors (Lipinski definition) is 1. The molecule has 0 saturated carbocycles. The van der Waals surface area contributed by atoms with Gasteiger partial charge in [-0.15, -0.1) is 0 Å². The van der Waals surface area contributed by atoms with Crippen LogP contribution in [0.5, 0.6) is 0 Å². The maximum atomic E-state index is 11.7. The zero-order valence-electron chi connectivity index (χ0n) is 11.3. The van der Waals surface area contributed by atoms with Gasteiger partial charge in [-0.25, -0.2) is 0 Å². The molecule has 13 heteroatoms. The molecule has 19 heavy (non-hydrogen) atoms. The van der Waals surface area contributed by atoms with Gasteiger partial charge in [-0.05, 0) is 0 Å². The van der Waals surface area contributed by atoms with Crippen LogP contribution >= 0.6 is 22.6 Å². The molecular weight excluding hydrogens is 336 g/mol. The number of aliphatic hydroxyl groups is 1. The normalized spacial score (nSPS) is 21.2. The van der Waals surface area contributed by atoms with Crippen molar-refractivity contribution in [1.82, 2.24) is 0 Å². The molecule has 0 aliphatic heterocycles. The van der Waals surface area contributed by atoms with Crippen LogP contribution < -0.4 is 0 Å². The van der Waals surface area contributed by atoms with Crippen molar-refractivity contribution in [1.29, 1.82) is 0 Å². The van der Waals surface area contributed by atoms with Crippen molar-refractivity contribution in [2.45, 2.75) is 0 Å². The number of aliphatic hydroxyl groups excluding tert-OH is 1. The second-order valence-corrected chi connectivity index (χ2v) is 12.9. The monoisotopic (exact) mass is 354 g/mol. The molecule has 114 valence electrons. The second kappa shape index (κ2) is 7.84. The summed E-state index contributed by atoms with van der Waals surface area (Å²) in [5.41, 5.74) is 0. The van der Waals surface area contributed by atoms with Crippen LogP contribution in [0.1, 0.15) is 0 Å². The van der Waals surface area contributed by atoms with Crippen molar-refractivity contribution >= 4 is 37.7 Å². The van der Waals surface area contributed by atoms with Crippen molar-refractivity contribution in [3.8, 4) is 0 Å². The molecule has 0 aromatic heterocycles. The largest absolute Gasteiger partial charge is 0.924 e. The number of rotatable bonds is 9. The van der Waals surface area contributed by atoms with E-state index in [0.717, 1.165) is 34.2 Å². The highest BCUT2D eigenvalue weighted by atomic mass is 31.2. The second-order valence-electron chi connectivity index (χ2n) is 3.67. The first-order valence-electron chi connectivity index (χ1n) is 4.96. The molecule has 0 aromatic carbocycles. The average Bonchev–Trinajstić information content (AvgIpc) is 2.27. The summed E-state index contributed by atoms with van der Waals surface area (Å²) in [5.74, 6) is 0. The van der Waals surface area contributed by atoms with Crippen molar-refractivity contribution in [2.75, 3.05) is 40.6 Å². The summed E-state index contributed by atoms with van der Waals surface area (Å²) in [6.45, 7) is 3.43. The van der Waals surface area contributed by atoms with Crippen molar-refractivity contribution in [3.05, 3.63) is 0 Å². The van der Waals surface area contributed by atoms with Crippen LogP contribution in [0.25, 0.3) is 0 Å². The standard InChI is InChI=1S/3C2H7O3P.Al/c2*1-5-6(2,3)4;1-6(4,5)2-3;/h2*1-2H3,(H,3,4);3H,2H2,1H3,(H,4,5);/q;;;+3/p-3. The fourth-order valence-corrected chi connectivity index (χ4v) is 7.09. The van der Waals surface area contributed by atoms with Crippen LogP contribution in [0.2, 0.25) is 0 Å². The van der Waals surface area contributed by atoms with Gasteiger partial charge in [0.1, 0.15) is 6.35 Å². The van der Waals surface area contributed by atoms with Gasteiger partial charge in [-0.3, -0.25) is 13.7 Å². The molecule has 0 heterocycles. The smallest absolute Gasteiger partial charge is 0.404 e. The van der Waals surface area contributed by atoms with E-state index in [9.17, 15) is 13.7 Å². The van der Waals surface area contributed by atoms with Crippen LogP contribution in [0.3, 0.4) is 0 Å². The summed E-state index contributed by atoms with van der Waals surface area (Å²) in [4.78, 5) is 0. The first-order chi connectivity index (χ1) is 8.47. The zero-order valence-corrected chi connectivity index (χ0v) is 15.2. The predicted molar refractivity (Wildman–Crippen MR) is 70.7 cm³/mol. The Hall–Kier alpha value is 0.982. The fourth-order valence-electron chi connectivity index (χ4n) is 0.672. The Kier molecular flexibility index (Phi) is 8.24. The summed E-state index contributed by atoms with van der Waals surface area (Å²) < 4.78 is 59.1. The average molecular weight is 354 g/mol. The molecule has 0 spiro atoms. The third kappa shape index (κ3) is 8.77. The van der Waals surface area contributed by atoms with Crippen LogP contribution in [0.15, 0.2) is 0 Å². The highest BCUT2D eigenvalue weighted by Gasteiger charge is 2.46. The van der Waals surface area contributed by atoms with E-state index in [4.69, 9.17) is 15.8 Å². The highest BCUT2D eigenvalue weighted by molar-refractivity contribution is 7.60. The van der Waals surface area contributed by atoms with E-state index in [1.165, 1.54) is 0 Å². The molecule has 0 radical (unpaired) electrons. The zero-order chi connectivity index (χ0) is 15.3. The van der Waals surface area contributed by atoms with Gasteiger partial charge >= 0.3 is 30.3 Å². The van der Waals surface area contributed by atoms with Crippen LogP contribution in [-0.4, -0.2) is 60.8 Å². The fraction of sp³-hybridized carbons (Fsp3) is 1.00. The lowest BCUT2D eigenvalue weighted by Gasteiger charge is -2.22. The molecule has 3 atom stereocenters. The van der Waals surface area contributed by atoms with E-state index in [-0.39, 0.29) is 0 Å². The molecule has 1 N–H and O–H groups in total. The quantitative estimate of drug-likeness (QED) is 0.488. The minimum atomic E-state index is -3.49. The Labute approximate surface area is 117 Å². The van der Waals surface area contributed by atoms with Crippen LogP contribution in [0.4, 0.5) is 0 Å². The summed E-state index contributed by atoms with van der Waals surface area (Å²) in [6.07, 6.45) is -0.759. The van der Waals surface area contributed by atoms with Crippen molar-refractivity contribution in [3.63, 3.8) is 0 Å². The van der Waals surface area contributed by atoms with Gasteiger partial charge in [0.15, 0.2) is 0 Å². The lowest BCUT2D eigenvalue weighted by Crippen LogP contribution is -2.24. The maximum Gasteiger partial charge on any atom is 0.924 e. The molecule has 0 rings (SSSR count). The lowest BCUT2D eigenvalue weighted by atomic mass is 11.7. The van der Waals surface area contributed by atoms with Gasteiger partial charge < -0.3 is 24.9 Å². The lowest BCUT2D eigenvalue weighted by molar-refractivity contribution is 0.236. The molecule has 0 fully saturated rings. The molecule has 3 unspecified atom stereocenters. The van der Waals surface area contributed by atoms with Gasteiger partial charge in [-0.1, -0.05) is 0 Å². The molecule has 0 aromatic rings. The van der Waals surface area contributed by atoms with Gasteiger partial charge in [0, 0.05) is 34.2 Å². The number of hydrogen-bond acceptors (Lipinski definition) is 9. The molecule has 9 nitrogen and oxygen atoms in total. The molecule has 0 aliphatic rings. The molecule has 0 saturated heterocycles. The molecular formula is C6H18AlO9P3. The van der Waals surface area contributed by atoms with E-state index in [1.807, 2.05) is 0 Å². The Balaban J connectivity index is 5.00. The molecule has 0 bridgehead atoms. The minimum absolute atomic E-state index is 0.759.